The SMILES string of the molecule is Nc1ccccc1NC(=O)c1ccc(Cn2c(=O)n(-c3ccccc3)c3ccccc32)cc1. The van der Waals surface area contributed by atoms with Gasteiger partial charge in [0.15, 0.2) is 0 Å². The summed E-state index contributed by atoms with van der Waals surface area (Å²) in [6, 6.07) is 31.7. The van der Waals surface area contributed by atoms with Crippen molar-refractivity contribution in [1.82, 2.24) is 9.13 Å². The summed E-state index contributed by atoms with van der Waals surface area (Å²) >= 11 is 0. The lowest BCUT2D eigenvalue weighted by atomic mass is 10.1. The third kappa shape index (κ3) is 3.90. The van der Waals surface area contributed by atoms with E-state index in [9.17, 15) is 9.59 Å². The number of nitrogens with two attached hydrogens (primary N) is 1. The van der Waals surface area contributed by atoms with Crippen LogP contribution in [0.3, 0.4) is 0 Å². The van der Waals surface area contributed by atoms with Crippen molar-refractivity contribution in [3.05, 3.63) is 125 Å². The molecular formula is C27H22N4O2. The van der Waals surface area contributed by atoms with E-state index in [1.807, 2.05) is 78.9 Å². The van der Waals surface area contributed by atoms with Gasteiger partial charge in [0.2, 0.25) is 0 Å². The standard InChI is InChI=1S/C27H22N4O2/c28-22-10-4-5-11-23(22)29-26(32)20-16-14-19(15-17-20)18-30-24-12-6-7-13-25(24)31(27(30)33)21-8-2-1-3-9-21/h1-17H,18,28H2,(H,29,32). The number of nitrogen functional groups attached to an aromatic ring is 1. The summed E-state index contributed by atoms with van der Waals surface area (Å²) in [5.41, 5.74) is 10.9. The molecule has 6 heteroatoms. The summed E-state index contributed by atoms with van der Waals surface area (Å²) < 4.78 is 3.48. The van der Waals surface area contributed by atoms with Crippen molar-refractivity contribution < 1.29 is 4.79 Å². The van der Waals surface area contributed by atoms with Crippen molar-refractivity contribution >= 4 is 28.3 Å². The van der Waals surface area contributed by atoms with Crippen LogP contribution in [0.25, 0.3) is 16.7 Å². The Morgan fingerprint density at radius 1 is 0.758 bits per heavy atom. The number of carbonyl (C=O) groups is 1. The van der Waals surface area contributed by atoms with Crippen molar-refractivity contribution in [2.45, 2.75) is 6.54 Å². The van der Waals surface area contributed by atoms with E-state index in [4.69, 9.17) is 5.73 Å². The van der Waals surface area contributed by atoms with Crippen LogP contribution in [-0.2, 0) is 6.54 Å². The summed E-state index contributed by atoms with van der Waals surface area (Å²) in [6.07, 6.45) is 0. The molecule has 0 saturated heterocycles. The van der Waals surface area contributed by atoms with E-state index in [0.717, 1.165) is 22.3 Å². The Kier molecular flexibility index (Phi) is 5.24. The number of rotatable bonds is 5. The molecule has 0 aliphatic heterocycles. The van der Waals surface area contributed by atoms with Crippen LogP contribution >= 0.6 is 0 Å². The first-order chi connectivity index (χ1) is 16.1. The highest BCUT2D eigenvalue weighted by atomic mass is 16.2. The number of para-hydroxylation sites is 5. The highest BCUT2D eigenvalue weighted by Gasteiger charge is 2.15. The van der Waals surface area contributed by atoms with Gasteiger partial charge in [0.25, 0.3) is 5.91 Å². The first kappa shape index (κ1) is 20.3. The molecule has 0 radical (unpaired) electrons. The van der Waals surface area contributed by atoms with Gasteiger partial charge in [-0.05, 0) is 54.1 Å². The summed E-state index contributed by atoms with van der Waals surface area (Å²) in [6.45, 7) is 0.396. The maximum Gasteiger partial charge on any atom is 0.334 e. The third-order valence-electron chi connectivity index (χ3n) is 5.62. The molecule has 33 heavy (non-hydrogen) atoms. The zero-order valence-corrected chi connectivity index (χ0v) is 17.8. The molecule has 162 valence electrons. The Hall–Kier alpha value is -4.58. The number of hydrogen-bond acceptors (Lipinski definition) is 3. The third-order valence-corrected chi connectivity index (χ3v) is 5.62. The van der Waals surface area contributed by atoms with Gasteiger partial charge in [-0.1, -0.05) is 54.6 Å². The van der Waals surface area contributed by atoms with Crippen molar-refractivity contribution in [3.63, 3.8) is 0 Å². The molecule has 0 unspecified atom stereocenters. The molecular weight excluding hydrogens is 412 g/mol. The average Bonchev–Trinajstić information content (AvgIpc) is 3.12. The van der Waals surface area contributed by atoms with Crippen molar-refractivity contribution in [2.24, 2.45) is 0 Å². The predicted molar refractivity (Wildman–Crippen MR) is 132 cm³/mol. The maximum atomic E-state index is 13.4. The quantitative estimate of drug-likeness (QED) is 0.394. The Labute approximate surface area is 190 Å². The second-order valence-corrected chi connectivity index (χ2v) is 7.77. The summed E-state index contributed by atoms with van der Waals surface area (Å²) in [5.74, 6) is -0.239. The maximum absolute atomic E-state index is 13.4. The zero-order chi connectivity index (χ0) is 22.8. The zero-order valence-electron chi connectivity index (χ0n) is 17.8. The van der Waals surface area contributed by atoms with Gasteiger partial charge in [0.05, 0.1) is 34.6 Å². The van der Waals surface area contributed by atoms with E-state index < -0.39 is 0 Å². The molecule has 0 bridgehead atoms. The molecule has 4 aromatic carbocycles. The number of nitrogens with one attached hydrogen (secondary N) is 1. The minimum absolute atomic E-state index is 0.108. The van der Waals surface area contributed by atoms with Crippen LogP contribution in [0.5, 0.6) is 0 Å². The second-order valence-electron chi connectivity index (χ2n) is 7.77. The number of fused-ring (bicyclic) bond motifs is 1. The van der Waals surface area contributed by atoms with E-state index in [1.165, 1.54) is 0 Å². The van der Waals surface area contributed by atoms with Gasteiger partial charge < -0.3 is 11.1 Å². The van der Waals surface area contributed by atoms with Gasteiger partial charge in [0, 0.05) is 5.56 Å². The van der Waals surface area contributed by atoms with Crippen LogP contribution in [0.2, 0.25) is 0 Å². The molecule has 1 aromatic heterocycles. The minimum Gasteiger partial charge on any atom is -0.397 e. The van der Waals surface area contributed by atoms with E-state index in [0.29, 0.717) is 23.5 Å². The van der Waals surface area contributed by atoms with Gasteiger partial charge in [0.1, 0.15) is 0 Å². The lowest BCUT2D eigenvalue weighted by Crippen LogP contribution is -2.23. The minimum atomic E-state index is -0.239. The molecule has 1 amide bonds. The first-order valence-corrected chi connectivity index (χ1v) is 10.6. The van der Waals surface area contributed by atoms with Crippen molar-refractivity contribution in [2.75, 3.05) is 11.1 Å². The van der Waals surface area contributed by atoms with Crippen molar-refractivity contribution in [3.8, 4) is 5.69 Å². The molecule has 5 aromatic rings. The number of imidazole rings is 1. The number of anilines is 2. The van der Waals surface area contributed by atoms with Gasteiger partial charge >= 0.3 is 5.69 Å². The fourth-order valence-corrected chi connectivity index (χ4v) is 3.94. The van der Waals surface area contributed by atoms with Gasteiger partial charge in [-0.15, -0.1) is 0 Å². The molecule has 3 N–H and O–H groups in total. The van der Waals surface area contributed by atoms with Crippen LogP contribution in [0.1, 0.15) is 15.9 Å². The second kappa shape index (κ2) is 8.51. The average molecular weight is 434 g/mol. The Balaban J connectivity index is 1.44. The molecule has 0 aliphatic carbocycles. The molecule has 0 spiro atoms. The largest absolute Gasteiger partial charge is 0.397 e. The fraction of sp³-hybridized carbons (Fsp3) is 0.0370. The number of hydrogen-bond donors (Lipinski definition) is 2. The Morgan fingerprint density at radius 3 is 2.12 bits per heavy atom. The summed E-state index contributed by atoms with van der Waals surface area (Å²) in [7, 11) is 0. The molecule has 1 heterocycles. The lowest BCUT2D eigenvalue weighted by Gasteiger charge is -2.09. The van der Waals surface area contributed by atoms with Crippen LogP contribution in [0.15, 0.2) is 108 Å². The highest BCUT2D eigenvalue weighted by Crippen LogP contribution is 2.20. The molecule has 5 rings (SSSR count). The van der Waals surface area contributed by atoms with E-state index in [1.54, 1.807) is 33.4 Å². The van der Waals surface area contributed by atoms with Gasteiger partial charge in [-0.2, -0.15) is 0 Å². The van der Waals surface area contributed by atoms with Crippen LogP contribution in [0, 0.1) is 0 Å². The number of nitrogens with zero attached hydrogens (tertiary/aromatic N) is 2. The lowest BCUT2D eigenvalue weighted by molar-refractivity contribution is 0.102. The molecule has 0 aliphatic rings. The normalized spacial score (nSPS) is 10.9. The van der Waals surface area contributed by atoms with Crippen LogP contribution in [-0.4, -0.2) is 15.0 Å². The number of benzene rings is 4. The van der Waals surface area contributed by atoms with Gasteiger partial charge in [-0.25, -0.2) is 4.79 Å². The predicted octanol–water partition coefficient (Wildman–Crippen LogP) is 4.68. The van der Waals surface area contributed by atoms with Crippen molar-refractivity contribution in [1.29, 1.82) is 0 Å². The Morgan fingerprint density at radius 2 is 1.39 bits per heavy atom. The van der Waals surface area contributed by atoms with E-state index in [-0.39, 0.29) is 11.6 Å². The highest BCUT2D eigenvalue weighted by molar-refractivity contribution is 6.05. The van der Waals surface area contributed by atoms with Crippen LogP contribution < -0.4 is 16.7 Å². The number of carbonyl (C=O) groups excluding carboxylic acids is 1. The first-order valence-electron chi connectivity index (χ1n) is 10.6. The Bertz CT molecular complexity index is 1500. The van der Waals surface area contributed by atoms with Gasteiger partial charge in [-0.3, -0.25) is 13.9 Å². The van der Waals surface area contributed by atoms with E-state index in [2.05, 4.69) is 5.32 Å². The smallest absolute Gasteiger partial charge is 0.334 e. The number of aromatic nitrogens is 2. The molecule has 0 fully saturated rings. The molecule has 6 nitrogen and oxygen atoms in total. The number of amides is 1. The van der Waals surface area contributed by atoms with E-state index >= 15 is 0 Å². The monoisotopic (exact) mass is 434 g/mol. The molecule has 0 saturated carbocycles. The summed E-state index contributed by atoms with van der Waals surface area (Å²) in [5, 5.41) is 2.83. The molecule has 0 atom stereocenters. The van der Waals surface area contributed by atoms with Crippen LogP contribution in [0.4, 0.5) is 11.4 Å². The summed E-state index contributed by atoms with van der Waals surface area (Å²) in [4.78, 5) is 26.0. The fourth-order valence-electron chi connectivity index (χ4n) is 3.94. The topological polar surface area (TPSA) is 82.1 Å².